The molecule has 0 bridgehead atoms. The van der Waals surface area contributed by atoms with E-state index < -0.39 is 0 Å². The lowest BCUT2D eigenvalue weighted by molar-refractivity contribution is 0.466. The van der Waals surface area contributed by atoms with Crippen LogP contribution in [0.15, 0.2) is 79.3 Å². The summed E-state index contributed by atoms with van der Waals surface area (Å²) < 4.78 is 6.49. The van der Waals surface area contributed by atoms with Crippen molar-refractivity contribution in [2.75, 3.05) is 17.7 Å². The molecule has 7 heteroatoms. The predicted octanol–water partition coefficient (Wildman–Crippen LogP) is 7.27. The van der Waals surface area contributed by atoms with Crippen LogP contribution in [-0.2, 0) is 5.41 Å². The van der Waals surface area contributed by atoms with E-state index in [1.165, 1.54) is 5.56 Å². The van der Waals surface area contributed by atoms with E-state index in [-0.39, 0.29) is 5.41 Å². The van der Waals surface area contributed by atoms with E-state index >= 15 is 0 Å². The summed E-state index contributed by atoms with van der Waals surface area (Å²) in [6.45, 7) is 8.66. The van der Waals surface area contributed by atoms with Gasteiger partial charge in [-0.1, -0.05) is 45.0 Å². The molecular formula is C30H30N6O. The van der Waals surface area contributed by atoms with Gasteiger partial charge in [-0.05, 0) is 59.9 Å². The third-order valence-corrected chi connectivity index (χ3v) is 6.23. The minimum atomic E-state index is 0.102. The molecular weight excluding hydrogens is 460 g/mol. The fourth-order valence-corrected chi connectivity index (χ4v) is 4.15. The Hall–Kier alpha value is -4.52. The SMILES string of the molecule is CNc1nccc(-c2cccnc2Oc2c(C)ccc3c(Nc4ccc(C(C)(C)C)cc4)nccc23)n1. The molecule has 5 aromatic rings. The first-order chi connectivity index (χ1) is 17.8. The molecule has 37 heavy (non-hydrogen) atoms. The third kappa shape index (κ3) is 5.07. The summed E-state index contributed by atoms with van der Waals surface area (Å²) in [5, 5.41) is 8.36. The quantitative estimate of drug-likeness (QED) is 0.259. The van der Waals surface area contributed by atoms with Gasteiger partial charge in [-0.15, -0.1) is 0 Å². The highest BCUT2D eigenvalue weighted by atomic mass is 16.5. The smallest absolute Gasteiger partial charge is 0.228 e. The number of rotatable bonds is 6. The predicted molar refractivity (Wildman–Crippen MR) is 150 cm³/mol. The number of benzene rings is 2. The molecule has 0 spiro atoms. The lowest BCUT2D eigenvalue weighted by Gasteiger charge is -2.19. The highest BCUT2D eigenvalue weighted by Crippen LogP contribution is 2.38. The van der Waals surface area contributed by atoms with Crippen molar-refractivity contribution in [2.24, 2.45) is 0 Å². The molecule has 7 nitrogen and oxygen atoms in total. The second-order valence-electron chi connectivity index (χ2n) is 9.89. The molecule has 0 amide bonds. The molecule has 0 aliphatic carbocycles. The average Bonchev–Trinajstić information content (AvgIpc) is 2.90. The molecule has 0 fully saturated rings. The Labute approximate surface area is 217 Å². The van der Waals surface area contributed by atoms with Gasteiger partial charge in [0, 0.05) is 42.1 Å². The fourth-order valence-electron chi connectivity index (χ4n) is 4.15. The maximum Gasteiger partial charge on any atom is 0.228 e. The molecule has 2 aromatic carbocycles. The molecule has 3 aromatic heterocycles. The molecule has 0 saturated carbocycles. The van der Waals surface area contributed by atoms with Gasteiger partial charge in [0.25, 0.3) is 0 Å². The topological polar surface area (TPSA) is 84.9 Å². The van der Waals surface area contributed by atoms with Gasteiger partial charge < -0.3 is 15.4 Å². The largest absolute Gasteiger partial charge is 0.437 e. The number of aryl methyl sites for hydroxylation is 1. The Morgan fingerprint density at radius 2 is 1.57 bits per heavy atom. The Morgan fingerprint density at radius 3 is 2.32 bits per heavy atom. The first-order valence-corrected chi connectivity index (χ1v) is 12.2. The second-order valence-corrected chi connectivity index (χ2v) is 9.89. The number of hydrogen-bond acceptors (Lipinski definition) is 7. The zero-order chi connectivity index (χ0) is 26.0. The summed E-state index contributed by atoms with van der Waals surface area (Å²) in [6.07, 6.45) is 5.23. The molecule has 0 radical (unpaired) electrons. The van der Waals surface area contributed by atoms with Crippen LogP contribution in [0.2, 0.25) is 0 Å². The maximum absolute atomic E-state index is 6.49. The summed E-state index contributed by atoms with van der Waals surface area (Å²) in [4.78, 5) is 18.0. The van der Waals surface area contributed by atoms with Crippen LogP contribution in [0.4, 0.5) is 17.5 Å². The number of aromatic nitrogens is 4. The van der Waals surface area contributed by atoms with Crippen molar-refractivity contribution in [3.8, 4) is 22.9 Å². The zero-order valence-corrected chi connectivity index (χ0v) is 21.7. The molecule has 0 aliphatic rings. The Morgan fingerprint density at radius 1 is 0.784 bits per heavy atom. The van der Waals surface area contributed by atoms with Gasteiger partial charge in [0.15, 0.2) is 0 Å². The Balaban J connectivity index is 1.52. The monoisotopic (exact) mass is 490 g/mol. The molecule has 3 heterocycles. The zero-order valence-electron chi connectivity index (χ0n) is 21.7. The van der Waals surface area contributed by atoms with Gasteiger partial charge in [-0.3, -0.25) is 0 Å². The van der Waals surface area contributed by atoms with Gasteiger partial charge >= 0.3 is 0 Å². The van der Waals surface area contributed by atoms with Gasteiger partial charge in [-0.25, -0.2) is 19.9 Å². The number of anilines is 3. The van der Waals surface area contributed by atoms with E-state index in [0.29, 0.717) is 11.8 Å². The van der Waals surface area contributed by atoms with E-state index in [1.54, 1.807) is 25.6 Å². The van der Waals surface area contributed by atoms with Crippen molar-refractivity contribution < 1.29 is 4.74 Å². The normalized spacial score (nSPS) is 11.4. The van der Waals surface area contributed by atoms with Gasteiger partial charge in [-0.2, -0.15) is 0 Å². The van der Waals surface area contributed by atoms with Crippen molar-refractivity contribution in [1.29, 1.82) is 0 Å². The average molecular weight is 491 g/mol. The molecule has 0 saturated heterocycles. The third-order valence-electron chi connectivity index (χ3n) is 6.23. The molecule has 0 unspecified atom stereocenters. The minimum absolute atomic E-state index is 0.102. The van der Waals surface area contributed by atoms with Crippen LogP contribution in [0.3, 0.4) is 0 Å². The number of pyridine rings is 2. The van der Waals surface area contributed by atoms with Crippen LogP contribution in [-0.4, -0.2) is 27.0 Å². The van der Waals surface area contributed by atoms with E-state index in [2.05, 4.69) is 81.7 Å². The number of hydrogen-bond donors (Lipinski definition) is 2. The van der Waals surface area contributed by atoms with Crippen LogP contribution in [0.25, 0.3) is 22.0 Å². The number of nitrogens with zero attached hydrogens (tertiary/aromatic N) is 4. The first-order valence-electron chi connectivity index (χ1n) is 12.2. The van der Waals surface area contributed by atoms with Gasteiger partial charge in [0.2, 0.25) is 11.8 Å². The van der Waals surface area contributed by atoms with E-state index in [9.17, 15) is 0 Å². The Kier molecular flexibility index (Phi) is 6.44. The van der Waals surface area contributed by atoms with Gasteiger partial charge in [0.05, 0.1) is 11.3 Å². The van der Waals surface area contributed by atoms with E-state index in [4.69, 9.17) is 4.74 Å². The standard InChI is InChI=1S/C30H30N6O/c1-19-8-13-23-22(14-17-32-27(23)35-21-11-9-20(10-12-21)30(2,3)4)26(19)37-28-24(7-6-16-33-28)25-15-18-34-29(31-5)36-25/h6-18H,1-5H3,(H,32,35)(H,31,34,36). The van der Waals surface area contributed by atoms with Crippen LogP contribution in [0.1, 0.15) is 31.9 Å². The van der Waals surface area contributed by atoms with Crippen molar-refractivity contribution in [1.82, 2.24) is 19.9 Å². The van der Waals surface area contributed by atoms with Crippen molar-refractivity contribution in [3.05, 3.63) is 90.4 Å². The molecule has 5 rings (SSSR count). The highest BCUT2D eigenvalue weighted by Gasteiger charge is 2.17. The second kappa shape index (κ2) is 9.85. The summed E-state index contributed by atoms with van der Waals surface area (Å²) >= 11 is 0. The Bertz CT molecular complexity index is 1560. The van der Waals surface area contributed by atoms with Crippen molar-refractivity contribution in [3.63, 3.8) is 0 Å². The molecule has 0 atom stereocenters. The van der Waals surface area contributed by atoms with E-state index in [1.807, 2.05) is 37.3 Å². The van der Waals surface area contributed by atoms with Crippen LogP contribution >= 0.6 is 0 Å². The lowest BCUT2D eigenvalue weighted by Crippen LogP contribution is -2.10. The minimum Gasteiger partial charge on any atom is -0.437 e. The fraction of sp³-hybridized carbons (Fsp3) is 0.200. The number of nitrogens with one attached hydrogen (secondary N) is 2. The van der Waals surface area contributed by atoms with Crippen LogP contribution in [0.5, 0.6) is 11.6 Å². The summed E-state index contributed by atoms with van der Waals surface area (Å²) in [6, 6.07) is 20.2. The molecule has 2 N–H and O–H groups in total. The highest BCUT2D eigenvalue weighted by molar-refractivity contribution is 5.98. The van der Waals surface area contributed by atoms with Crippen LogP contribution in [0, 0.1) is 6.92 Å². The number of fused-ring (bicyclic) bond motifs is 1. The maximum atomic E-state index is 6.49. The van der Waals surface area contributed by atoms with E-state index in [0.717, 1.165) is 44.8 Å². The van der Waals surface area contributed by atoms with Crippen molar-refractivity contribution in [2.45, 2.75) is 33.1 Å². The number of ether oxygens (including phenoxy) is 1. The summed E-state index contributed by atoms with van der Waals surface area (Å²) in [5.74, 6) is 2.50. The molecule has 186 valence electrons. The van der Waals surface area contributed by atoms with Crippen LogP contribution < -0.4 is 15.4 Å². The lowest BCUT2D eigenvalue weighted by atomic mass is 9.87. The first kappa shape index (κ1) is 24.2. The summed E-state index contributed by atoms with van der Waals surface area (Å²) in [5.41, 5.74) is 4.87. The summed E-state index contributed by atoms with van der Waals surface area (Å²) in [7, 11) is 1.79. The van der Waals surface area contributed by atoms with Crippen molar-refractivity contribution >= 4 is 28.2 Å². The molecule has 0 aliphatic heterocycles. The van der Waals surface area contributed by atoms with Gasteiger partial charge in [0.1, 0.15) is 11.6 Å².